The number of H-pyrrole nitrogens is 1. The minimum atomic E-state index is -1.02. The molecule has 0 spiro atoms. The third-order valence-electron chi connectivity index (χ3n) is 4.32. The van der Waals surface area contributed by atoms with Crippen molar-refractivity contribution in [1.29, 1.82) is 0 Å². The Labute approximate surface area is 164 Å². The molecule has 2 rings (SSSR count). The van der Waals surface area contributed by atoms with Gasteiger partial charge in [0.25, 0.3) is 0 Å². The van der Waals surface area contributed by atoms with Gasteiger partial charge in [0.2, 0.25) is 17.7 Å². The van der Waals surface area contributed by atoms with Gasteiger partial charge in [0, 0.05) is 6.42 Å². The molecule has 1 aromatic carbocycles. The SMILES string of the molecule is CC(C)CC(=O)N[C@@H](CC(N)=O)C(=O)N[C@H](c1nc2ccccc2[nH]1)C(C)C. The highest BCUT2D eigenvalue weighted by Crippen LogP contribution is 2.22. The summed E-state index contributed by atoms with van der Waals surface area (Å²) in [4.78, 5) is 44.1. The van der Waals surface area contributed by atoms with Gasteiger partial charge in [-0.25, -0.2) is 4.98 Å². The van der Waals surface area contributed by atoms with Gasteiger partial charge in [-0.2, -0.15) is 0 Å². The Morgan fingerprint density at radius 2 is 1.75 bits per heavy atom. The number of para-hydroxylation sites is 2. The van der Waals surface area contributed by atoms with E-state index in [9.17, 15) is 14.4 Å². The minimum absolute atomic E-state index is 0.0325. The zero-order valence-electron chi connectivity index (χ0n) is 16.8. The number of amides is 3. The Morgan fingerprint density at radius 1 is 1.07 bits per heavy atom. The van der Waals surface area contributed by atoms with Gasteiger partial charge in [0.1, 0.15) is 11.9 Å². The summed E-state index contributed by atoms with van der Waals surface area (Å²) in [6, 6.07) is 6.17. The number of carbonyl (C=O) groups excluding carboxylic acids is 3. The standard InChI is InChI=1S/C20H29N5O3/c1-11(2)9-17(27)22-15(10-16(21)26)20(28)25-18(12(3)4)19-23-13-7-5-6-8-14(13)24-19/h5-8,11-12,15,18H,9-10H2,1-4H3,(H2,21,26)(H,22,27)(H,23,24)(H,25,28)/t15-,18-/m0/s1. The van der Waals surface area contributed by atoms with Gasteiger partial charge >= 0.3 is 0 Å². The third-order valence-corrected chi connectivity index (χ3v) is 4.32. The van der Waals surface area contributed by atoms with E-state index < -0.39 is 23.9 Å². The number of aromatic nitrogens is 2. The Hall–Kier alpha value is -2.90. The maximum atomic E-state index is 12.8. The Morgan fingerprint density at radius 3 is 2.32 bits per heavy atom. The number of aromatic amines is 1. The quantitative estimate of drug-likeness (QED) is 0.522. The summed E-state index contributed by atoms with van der Waals surface area (Å²) in [7, 11) is 0. The summed E-state index contributed by atoms with van der Waals surface area (Å²) in [6.45, 7) is 7.72. The first kappa shape index (κ1) is 21.4. The molecule has 8 nitrogen and oxygen atoms in total. The molecule has 8 heteroatoms. The van der Waals surface area contributed by atoms with Crippen LogP contribution >= 0.6 is 0 Å². The Balaban J connectivity index is 2.19. The summed E-state index contributed by atoms with van der Waals surface area (Å²) in [5.41, 5.74) is 6.95. The average Bonchev–Trinajstić information content (AvgIpc) is 3.00. The Bertz CT molecular complexity index is 810. The molecule has 0 saturated carbocycles. The molecule has 0 radical (unpaired) electrons. The average molecular weight is 387 g/mol. The van der Waals surface area contributed by atoms with Crippen molar-refractivity contribution in [3.63, 3.8) is 0 Å². The lowest BCUT2D eigenvalue weighted by atomic mass is 10.0. The van der Waals surface area contributed by atoms with Crippen molar-refractivity contribution in [2.75, 3.05) is 0 Å². The molecule has 2 atom stereocenters. The fraction of sp³-hybridized carbons (Fsp3) is 0.500. The molecule has 0 saturated heterocycles. The summed E-state index contributed by atoms with van der Waals surface area (Å²) >= 11 is 0. The number of imidazole rings is 1. The van der Waals surface area contributed by atoms with Crippen LogP contribution in [0.3, 0.4) is 0 Å². The maximum absolute atomic E-state index is 12.8. The van der Waals surface area contributed by atoms with Crippen molar-refractivity contribution < 1.29 is 14.4 Å². The zero-order chi connectivity index (χ0) is 20.8. The predicted octanol–water partition coefficient (Wildman–Crippen LogP) is 1.78. The molecular weight excluding hydrogens is 358 g/mol. The van der Waals surface area contributed by atoms with Gasteiger partial charge in [-0.05, 0) is 24.0 Å². The highest BCUT2D eigenvalue weighted by Gasteiger charge is 2.28. The molecule has 0 aliphatic heterocycles. The molecule has 0 unspecified atom stereocenters. The summed E-state index contributed by atoms with van der Waals surface area (Å²) in [6.07, 6.45) is 0.000336. The number of hydrogen-bond donors (Lipinski definition) is 4. The van der Waals surface area contributed by atoms with Gasteiger partial charge in [0.05, 0.1) is 23.5 Å². The van der Waals surface area contributed by atoms with Crippen molar-refractivity contribution in [2.24, 2.45) is 17.6 Å². The van der Waals surface area contributed by atoms with E-state index in [-0.39, 0.29) is 30.6 Å². The van der Waals surface area contributed by atoms with Gasteiger partial charge in [-0.15, -0.1) is 0 Å². The number of fused-ring (bicyclic) bond motifs is 1. The molecule has 2 aromatic rings. The minimum Gasteiger partial charge on any atom is -0.370 e. The number of nitrogens with zero attached hydrogens (tertiary/aromatic N) is 1. The van der Waals surface area contributed by atoms with Crippen molar-refractivity contribution in [3.05, 3.63) is 30.1 Å². The van der Waals surface area contributed by atoms with Gasteiger partial charge < -0.3 is 21.4 Å². The van der Waals surface area contributed by atoms with E-state index in [1.54, 1.807) is 0 Å². The molecule has 3 amide bonds. The molecule has 0 fully saturated rings. The fourth-order valence-electron chi connectivity index (χ4n) is 2.96. The van der Waals surface area contributed by atoms with E-state index in [0.29, 0.717) is 5.82 Å². The van der Waals surface area contributed by atoms with E-state index in [2.05, 4.69) is 20.6 Å². The number of nitrogens with two attached hydrogens (primary N) is 1. The number of benzene rings is 1. The van der Waals surface area contributed by atoms with Gasteiger partial charge in [-0.1, -0.05) is 39.8 Å². The summed E-state index contributed by atoms with van der Waals surface area (Å²) < 4.78 is 0. The summed E-state index contributed by atoms with van der Waals surface area (Å²) in [5.74, 6) is -0.622. The van der Waals surface area contributed by atoms with Gasteiger partial charge in [-0.3, -0.25) is 14.4 Å². The zero-order valence-corrected chi connectivity index (χ0v) is 16.8. The molecule has 1 aromatic heterocycles. The molecule has 0 aliphatic carbocycles. The fourth-order valence-corrected chi connectivity index (χ4v) is 2.96. The topological polar surface area (TPSA) is 130 Å². The van der Waals surface area contributed by atoms with E-state index >= 15 is 0 Å². The normalized spacial score (nSPS) is 13.5. The largest absolute Gasteiger partial charge is 0.370 e. The number of primary amides is 1. The number of carbonyl (C=O) groups is 3. The Kier molecular flexibility index (Phi) is 7.14. The molecule has 152 valence electrons. The maximum Gasteiger partial charge on any atom is 0.243 e. The lowest BCUT2D eigenvalue weighted by Gasteiger charge is -2.24. The monoisotopic (exact) mass is 387 g/mol. The van der Waals surface area contributed by atoms with Crippen molar-refractivity contribution >= 4 is 28.8 Å². The van der Waals surface area contributed by atoms with Crippen molar-refractivity contribution in [2.45, 2.75) is 52.6 Å². The second-order valence-electron chi connectivity index (χ2n) is 7.76. The van der Waals surface area contributed by atoms with Gasteiger partial charge in [0.15, 0.2) is 0 Å². The first-order valence-electron chi connectivity index (χ1n) is 9.50. The smallest absolute Gasteiger partial charge is 0.243 e. The van der Waals surface area contributed by atoms with Crippen LogP contribution in [0, 0.1) is 11.8 Å². The first-order chi connectivity index (χ1) is 13.2. The van der Waals surface area contributed by atoms with E-state index in [4.69, 9.17) is 5.73 Å². The highest BCUT2D eigenvalue weighted by molar-refractivity contribution is 5.92. The van der Waals surface area contributed by atoms with E-state index in [1.807, 2.05) is 52.0 Å². The molecule has 1 heterocycles. The summed E-state index contributed by atoms with van der Waals surface area (Å²) in [5, 5.41) is 5.52. The van der Waals surface area contributed by atoms with E-state index in [1.165, 1.54) is 0 Å². The molecule has 5 N–H and O–H groups in total. The van der Waals surface area contributed by atoms with Crippen molar-refractivity contribution in [1.82, 2.24) is 20.6 Å². The van der Waals surface area contributed by atoms with Crippen LogP contribution in [0.1, 0.15) is 52.4 Å². The second-order valence-corrected chi connectivity index (χ2v) is 7.76. The van der Waals surface area contributed by atoms with Crippen LogP contribution < -0.4 is 16.4 Å². The second kappa shape index (κ2) is 9.34. The first-order valence-corrected chi connectivity index (χ1v) is 9.50. The van der Waals surface area contributed by atoms with Crippen LogP contribution in [0.15, 0.2) is 24.3 Å². The third kappa shape index (κ3) is 5.80. The highest BCUT2D eigenvalue weighted by atomic mass is 16.2. The van der Waals surface area contributed by atoms with Crippen LogP contribution in [-0.2, 0) is 14.4 Å². The lowest BCUT2D eigenvalue weighted by molar-refractivity contribution is -0.132. The number of hydrogen-bond acceptors (Lipinski definition) is 4. The number of rotatable bonds is 9. The number of nitrogens with one attached hydrogen (secondary N) is 3. The molecule has 0 bridgehead atoms. The molecule has 28 heavy (non-hydrogen) atoms. The van der Waals surface area contributed by atoms with Crippen LogP contribution in [0.2, 0.25) is 0 Å². The van der Waals surface area contributed by atoms with E-state index in [0.717, 1.165) is 11.0 Å². The van der Waals surface area contributed by atoms with Crippen molar-refractivity contribution in [3.8, 4) is 0 Å². The lowest BCUT2D eigenvalue weighted by Crippen LogP contribution is -2.50. The molecular formula is C20H29N5O3. The predicted molar refractivity (Wildman–Crippen MR) is 107 cm³/mol. The van der Waals surface area contributed by atoms with Crippen LogP contribution in [0.5, 0.6) is 0 Å². The van der Waals surface area contributed by atoms with Crippen LogP contribution in [0.25, 0.3) is 11.0 Å². The van der Waals surface area contributed by atoms with Crippen LogP contribution in [0.4, 0.5) is 0 Å². The van der Waals surface area contributed by atoms with Crippen LogP contribution in [-0.4, -0.2) is 33.7 Å². The molecule has 0 aliphatic rings.